The topological polar surface area (TPSA) is 96.2 Å². The van der Waals surface area contributed by atoms with Gasteiger partial charge in [-0.05, 0) is 52.3 Å². The lowest BCUT2D eigenvalue weighted by Gasteiger charge is -2.29. The molecule has 0 spiro atoms. The van der Waals surface area contributed by atoms with E-state index < -0.39 is 6.10 Å². The summed E-state index contributed by atoms with van der Waals surface area (Å²) in [5.41, 5.74) is 3.36. The number of carbonyl (C=O) groups is 1. The van der Waals surface area contributed by atoms with Crippen LogP contribution in [0.25, 0.3) is 0 Å². The van der Waals surface area contributed by atoms with Crippen molar-refractivity contribution in [2.75, 3.05) is 6.61 Å². The minimum absolute atomic E-state index is 0.0427. The van der Waals surface area contributed by atoms with E-state index in [9.17, 15) is 20.1 Å². The predicted molar refractivity (Wildman–Crippen MR) is 118 cm³/mol. The number of rotatable bonds is 6. The molecule has 2 aromatic rings. The van der Waals surface area contributed by atoms with Crippen LogP contribution in [0.15, 0.2) is 47.6 Å². The van der Waals surface area contributed by atoms with E-state index in [1.165, 1.54) is 24.3 Å². The normalized spacial score (nSPS) is 15.0. The van der Waals surface area contributed by atoms with Crippen molar-refractivity contribution in [2.45, 2.75) is 46.6 Å². The molecule has 1 aliphatic rings. The quantitative estimate of drug-likeness (QED) is 0.540. The molecular weight excluding hydrogens is 396 g/mol. The molecule has 3 N–H and O–H groups in total. The summed E-state index contributed by atoms with van der Waals surface area (Å²) >= 11 is 0. The summed E-state index contributed by atoms with van der Waals surface area (Å²) in [7, 11) is 0. The molecule has 164 valence electrons. The van der Waals surface area contributed by atoms with Gasteiger partial charge in [0.2, 0.25) is 0 Å². The maximum Gasteiger partial charge on any atom is 0.174 e. The number of phenolic OH excluding ortho intramolecular Hbond substituents is 3. The molecule has 0 aromatic heterocycles. The first-order valence-corrected chi connectivity index (χ1v) is 10.2. The maximum absolute atomic E-state index is 12.9. The number of allylic oxidation sites excluding steroid dienone is 3. The number of aromatic hydroxyl groups is 3. The van der Waals surface area contributed by atoms with Crippen molar-refractivity contribution in [3.8, 4) is 28.7 Å². The van der Waals surface area contributed by atoms with Crippen LogP contribution in [0.3, 0.4) is 0 Å². The van der Waals surface area contributed by atoms with E-state index in [1.54, 1.807) is 0 Å². The minimum atomic E-state index is -0.751. The first-order valence-electron chi connectivity index (χ1n) is 10.2. The SMILES string of the molecule is CC(C)=CCOc1cc(O)c2c(c1CC=C(C)C)OC(c1ccc(O)cc1O)CC2=O. The molecular formula is C25H28O6. The van der Waals surface area contributed by atoms with Gasteiger partial charge in [0.25, 0.3) is 0 Å². The number of Topliss-reactive ketones (excluding diaryl/α,β-unsaturated/α-hetero) is 1. The lowest BCUT2D eigenvalue weighted by molar-refractivity contribution is 0.0839. The van der Waals surface area contributed by atoms with Crippen molar-refractivity contribution in [3.63, 3.8) is 0 Å². The molecule has 1 atom stereocenters. The Bertz CT molecular complexity index is 1060. The van der Waals surface area contributed by atoms with Gasteiger partial charge in [-0.25, -0.2) is 0 Å². The number of ether oxygens (including phenoxy) is 2. The third-order valence-corrected chi connectivity index (χ3v) is 5.04. The second-order valence-corrected chi connectivity index (χ2v) is 8.13. The van der Waals surface area contributed by atoms with Gasteiger partial charge in [0.15, 0.2) is 5.78 Å². The fourth-order valence-corrected chi connectivity index (χ4v) is 3.42. The first-order chi connectivity index (χ1) is 14.7. The average molecular weight is 424 g/mol. The van der Waals surface area contributed by atoms with Crippen LogP contribution < -0.4 is 9.47 Å². The van der Waals surface area contributed by atoms with Crippen LogP contribution in [-0.4, -0.2) is 27.7 Å². The number of hydrogen-bond acceptors (Lipinski definition) is 6. The Morgan fingerprint density at radius 3 is 2.42 bits per heavy atom. The number of hydrogen-bond donors (Lipinski definition) is 3. The highest BCUT2D eigenvalue weighted by Crippen LogP contribution is 2.47. The zero-order valence-corrected chi connectivity index (χ0v) is 18.2. The summed E-state index contributed by atoms with van der Waals surface area (Å²) in [5, 5.41) is 30.4. The van der Waals surface area contributed by atoms with Crippen LogP contribution in [0.4, 0.5) is 0 Å². The van der Waals surface area contributed by atoms with Gasteiger partial charge in [0.05, 0.1) is 6.42 Å². The van der Waals surface area contributed by atoms with Crippen LogP contribution in [0.2, 0.25) is 0 Å². The van der Waals surface area contributed by atoms with Gasteiger partial charge in [0, 0.05) is 23.3 Å². The van der Waals surface area contributed by atoms with E-state index in [-0.39, 0.29) is 40.8 Å². The number of fused-ring (bicyclic) bond motifs is 1. The molecule has 0 radical (unpaired) electrons. The van der Waals surface area contributed by atoms with Crippen molar-refractivity contribution in [3.05, 3.63) is 64.3 Å². The van der Waals surface area contributed by atoms with E-state index in [0.29, 0.717) is 29.9 Å². The monoisotopic (exact) mass is 424 g/mol. The van der Waals surface area contributed by atoms with Gasteiger partial charge in [-0.1, -0.05) is 17.2 Å². The van der Waals surface area contributed by atoms with E-state index in [2.05, 4.69) is 0 Å². The van der Waals surface area contributed by atoms with Gasteiger partial charge in [-0.2, -0.15) is 0 Å². The molecule has 0 saturated heterocycles. The molecule has 6 heteroatoms. The molecule has 1 aliphatic heterocycles. The molecule has 31 heavy (non-hydrogen) atoms. The molecule has 0 fully saturated rings. The molecule has 1 heterocycles. The van der Waals surface area contributed by atoms with Crippen LogP contribution in [0.1, 0.15) is 61.7 Å². The predicted octanol–water partition coefficient (Wildman–Crippen LogP) is 5.36. The molecule has 0 saturated carbocycles. The number of carbonyl (C=O) groups excluding carboxylic acids is 1. The molecule has 0 bridgehead atoms. The van der Waals surface area contributed by atoms with Gasteiger partial charge in [-0.3, -0.25) is 4.79 Å². The number of phenols is 3. The third-order valence-electron chi connectivity index (χ3n) is 5.04. The Hall–Kier alpha value is -3.41. The summed E-state index contributed by atoms with van der Waals surface area (Å²) in [5.74, 6) is -0.0203. The summed E-state index contributed by atoms with van der Waals surface area (Å²) in [4.78, 5) is 12.9. The Kier molecular flexibility index (Phi) is 6.59. The minimum Gasteiger partial charge on any atom is -0.508 e. The fourth-order valence-electron chi connectivity index (χ4n) is 3.42. The van der Waals surface area contributed by atoms with E-state index in [0.717, 1.165) is 11.1 Å². The molecule has 6 nitrogen and oxygen atoms in total. The van der Waals surface area contributed by atoms with Crippen LogP contribution in [0.5, 0.6) is 28.7 Å². The van der Waals surface area contributed by atoms with Crippen molar-refractivity contribution in [1.82, 2.24) is 0 Å². The zero-order chi connectivity index (χ0) is 22.7. The Morgan fingerprint density at radius 1 is 1.06 bits per heavy atom. The summed E-state index contributed by atoms with van der Waals surface area (Å²) in [6, 6.07) is 5.63. The van der Waals surface area contributed by atoms with E-state index in [4.69, 9.17) is 9.47 Å². The van der Waals surface area contributed by atoms with Crippen molar-refractivity contribution < 1.29 is 29.6 Å². The average Bonchev–Trinajstić information content (AvgIpc) is 2.66. The van der Waals surface area contributed by atoms with Crippen LogP contribution in [-0.2, 0) is 6.42 Å². The van der Waals surface area contributed by atoms with E-state index >= 15 is 0 Å². The van der Waals surface area contributed by atoms with Crippen molar-refractivity contribution >= 4 is 5.78 Å². The summed E-state index contributed by atoms with van der Waals surface area (Å²) in [6.07, 6.45) is 3.58. The third kappa shape index (κ3) is 5.02. The Morgan fingerprint density at radius 2 is 1.77 bits per heavy atom. The summed E-state index contributed by atoms with van der Waals surface area (Å²) in [6.45, 7) is 8.20. The second-order valence-electron chi connectivity index (χ2n) is 8.13. The number of ketones is 1. The van der Waals surface area contributed by atoms with Crippen molar-refractivity contribution in [2.24, 2.45) is 0 Å². The highest BCUT2D eigenvalue weighted by Gasteiger charge is 2.34. The highest BCUT2D eigenvalue weighted by molar-refractivity contribution is 6.03. The molecule has 3 rings (SSSR count). The second kappa shape index (κ2) is 9.16. The maximum atomic E-state index is 12.9. The highest BCUT2D eigenvalue weighted by atomic mass is 16.5. The van der Waals surface area contributed by atoms with E-state index in [1.807, 2.05) is 39.8 Å². The van der Waals surface area contributed by atoms with Crippen LogP contribution >= 0.6 is 0 Å². The fraction of sp³-hybridized carbons (Fsp3) is 0.320. The first kappa shape index (κ1) is 22.3. The standard InChI is InChI=1S/C25H28O6/c1-14(2)5-7-18-22(30-10-9-15(3)4)12-20(28)24-21(29)13-23(31-25(18)24)17-8-6-16(26)11-19(17)27/h5-6,8-9,11-12,23,26-28H,7,10,13H2,1-4H3. The lowest BCUT2D eigenvalue weighted by Crippen LogP contribution is -2.22. The zero-order valence-electron chi connectivity index (χ0n) is 18.2. The van der Waals surface area contributed by atoms with Gasteiger partial charge >= 0.3 is 0 Å². The Labute approximate surface area is 182 Å². The molecule has 0 aliphatic carbocycles. The molecule has 2 aromatic carbocycles. The smallest absolute Gasteiger partial charge is 0.174 e. The number of benzene rings is 2. The van der Waals surface area contributed by atoms with Gasteiger partial charge < -0.3 is 24.8 Å². The Balaban J connectivity index is 2.09. The lowest BCUT2D eigenvalue weighted by atomic mass is 9.92. The molecule has 1 unspecified atom stereocenters. The van der Waals surface area contributed by atoms with Crippen LogP contribution in [0, 0.1) is 0 Å². The summed E-state index contributed by atoms with van der Waals surface area (Å²) < 4.78 is 12.1. The van der Waals surface area contributed by atoms with Gasteiger partial charge in [-0.15, -0.1) is 0 Å². The molecule has 0 amide bonds. The largest absolute Gasteiger partial charge is 0.508 e. The van der Waals surface area contributed by atoms with Crippen molar-refractivity contribution in [1.29, 1.82) is 0 Å². The van der Waals surface area contributed by atoms with Gasteiger partial charge in [0.1, 0.15) is 47.0 Å².